The highest BCUT2D eigenvalue weighted by Gasteiger charge is 2.55. The molecule has 0 radical (unpaired) electrons. The van der Waals surface area contributed by atoms with Gasteiger partial charge in [0.25, 0.3) is 0 Å². The SMILES string of the molecule is N#Cc1cccc(NC(=O)C2C[C@H]3CCC[C@@H](C2)C32SCCS2)c1. The highest BCUT2D eigenvalue weighted by molar-refractivity contribution is 8.21. The van der Waals surface area contributed by atoms with Crippen molar-refractivity contribution in [2.24, 2.45) is 17.8 Å². The molecule has 2 bridgehead atoms. The predicted molar refractivity (Wildman–Crippen MR) is 101 cm³/mol. The van der Waals surface area contributed by atoms with Gasteiger partial charge in [0, 0.05) is 23.1 Å². The van der Waals surface area contributed by atoms with Gasteiger partial charge in [0.05, 0.1) is 15.7 Å². The van der Waals surface area contributed by atoms with Crippen LogP contribution in [-0.4, -0.2) is 21.5 Å². The Morgan fingerprint density at radius 1 is 1.21 bits per heavy atom. The molecule has 1 amide bonds. The van der Waals surface area contributed by atoms with E-state index in [0.29, 0.717) is 21.5 Å². The fourth-order valence-electron chi connectivity index (χ4n) is 4.73. The van der Waals surface area contributed by atoms with E-state index in [-0.39, 0.29) is 11.8 Å². The number of nitrogens with one attached hydrogen (secondary N) is 1. The van der Waals surface area contributed by atoms with Gasteiger partial charge in [0.1, 0.15) is 0 Å². The van der Waals surface area contributed by atoms with E-state index >= 15 is 0 Å². The molecular formula is C19H22N2OS2. The van der Waals surface area contributed by atoms with Crippen LogP contribution in [0.2, 0.25) is 0 Å². The van der Waals surface area contributed by atoms with Crippen LogP contribution in [-0.2, 0) is 4.79 Å². The van der Waals surface area contributed by atoms with E-state index in [1.165, 1.54) is 30.8 Å². The van der Waals surface area contributed by atoms with Gasteiger partial charge in [-0.1, -0.05) is 12.5 Å². The maximum atomic E-state index is 12.8. The van der Waals surface area contributed by atoms with Gasteiger partial charge in [-0.15, -0.1) is 23.5 Å². The van der Waals surface area contributed by atoms with Gasteiger partial charge in [-0.25, -0.2) is 0 Å². The summed E-state index contributed by atoms with van der Waals surface area (Å²) in [6, 6.07) is 9.34. The van der Waals surface area contributed by atoms with Gasteiger partial charge in [-0.3, -0.25) is 4.79 Å². The number of thioether (sulfide) groups is 2. The number of carbonyl (C=O) groups excluding carboxylic acids is 1. The lowest BCUT2D eigenvalue weighted by atomic mass is 9.67. The zero-order valence-corrected chi connectivity index (χ0v) is 15.3. The van der Waals surface area contributed by atoms with E-state index in [0.717, 1.165) is 18.5 Å². The van der Waals surface area contributed by atoms with Gasteiger partial charge < -0.3 is 5.32 Å². The van der Waals surface area contributed by atoms with Gasteiger partial charge in [-0.05, 0) is 55.7 Å². The van der Waals surface area contributed by atoms with Crippen LogP contribution in [0.25, 0.3) is 0 Å². The number of hydrogen-bond acceptors (Lipinski definition) is 4. The minimum Gasteiger partial charge on any atom is -0.326 e. The number of anilines is 1. The Morgan fingerprint density at radius 3 is 2.58 bits per heavy atom. The van der Waals surface area contributed by atoms with Gasteiger partial charge in [0.15, 0.2) is 0 Å². The summed E-state index contributed by atoms with van der Waals surface area (Å²) in [5, 5.41) is 12.1. The lowest BCUT2D eigenvalue weighted by Gasteiger charge is -2.52. The molecule has 1 N–H and O–H groups in total. The van der Waals surface area contributed by atoms with Crippen molar-refractivity contribution in [2.45, 2.75) is 36.2 Å². The molecule has 1 unspecified atom stereocenters. The molecule has 1 spiro atoms. The van der Waals surface area contributed by atoms with Crippen LogP contribution < -0.4 is 5.32 Å². The third-order valence-corrected chi connectivity index (χ3v) is 9.77. The van der Waals surface area contributed by atoms with E-state index in [1.807, 2.05) is 12.1 Å². The normalized spacial score (nSPS) is 30.7. The van der Waals surface area contributed by atoms with Crippen molar-refractivity contribution in [3.8, 4) is 6.07 Å². The molecule has 1 aliphatic heterocycles. The molecule has 3 nitrogen and oxygen atoms in total. The molecule has 2 saturated carbocycles. The molecule has 5 heteroatoms. The van der Waals surface area contributed by atoms with Crippen LogP contribution in [0.1, 0.15) is 37.7 Å². The van der Waals surface area contributed by atoms with Crippen LogP contribution in [0.3, 0.4) is 0 Å². The third kappa shape index (κ3) is 2.84. The summed E-state index contributed by atoms with van der Waals surface area (Å²) in [4.78, 5) is 12.8. The van der Waals surface area contributed by atoms with Crippen LogP contribution >= 0.6 is 23.5 Å². The van der Waals surface area contributed by atoms with Crippen LogP contribution in [0.15, 0.2) is 24.3 Å². The van der Waals surface area contributed by atoms with E-state index in [4.69, 9.17) is 5.26 Å². The molecule has 4 rings (SSSR count). The van der Waals surface area contributed by atoms with E-state index in [2.05, 4.69) is 34.9 Å². The largest absolute Gasteiger partial charge is 0.326 e. The van der Waals surface area contributed by atoms with Crippen LogP contribution in [0, 0.1) is 29.1 Å². The number of nitriles is 1. The molecule has 1 aromatic rings. The minimum atomic E-state index is 0.124. The second-order valence-corrected chi connectivity index (χ2v) is 10.1. The van der Waals surface area contributed by atoms with Crippen molar-refractivity contribution in [1.82, 2.24) is 0 Å². The molecule has 24 heavy (non-hydrogen) atoms. The maximum Gasteiger partial charge on any atom is 0.227 e. The van der Waals surface area contributed by atoms with Crippen LogP contribution in [0.5, 0.6) is 0 Å². The zero-order chi connectivity index (χ0) is 16.6. The minimum absolute atomic E-state index is 0.124. The van der Waals surface area contributed by atoms with Gasteiger partial charge in [0.2, 0.25) is 5.91 Å². The molecule has 0 aromatic heterocycles. The number of nitrogens with zero attached hydrogens (tertiary/aromatic N) is 1. The smallest absolute Gasteiger partial charge is 0.227 e. The van der Waals surface area contributed by atoms with Crippen molar-refractivity contribution in [3.05, 3.63) is 29.8 Å². The van der Waals surface area contributed by atoms with Gasteiger partial charge in [-0.2, -0.15) is 5.26 Å². The molecule has 1 heterocycles. The molecular weight excluding hydrogens is 336 g/mol. The standard InChI is InChI=1S/C19H22N2OS2/c20-12-13-3-1-6-17(9-13)21-18(22)14-10-15-4-2-5-16(11-14)19(15)23-7-8-24-19/h1,3,6,9,14-16H,2,4-5,7-8,10-11H2,(H,21,22)/t14?,15-,16+. The van der Waals surface area contributed by atoms with Crippen molar-refractivity contribution in [3.63, 3.8) is 0 Å². The molecule has 3 aliphatic rings. The average Bonchev–Trinajstić information content (AvgIpc) is 3.04. The first kappa shape index (κ1) is 16.4. The highest BCUT2D eigenvalue weighted by atomic mass is 32.2. The maximum absolute atomic E-state index is 12.8. The summed E-state index contributed by atoms with van der Waals surface area (Å²) < 4.78 is 0.412. The van der Waals surface area contributed by atoms with Crippen molar-refractivity contribution in [2.75, 3.05) is 16.8 Å². The molecule has 1 saturated heterocycles. The first-order chi connectivity index (χ1) is 11.7. The fraction of sp³-hybridized carbons (Fsp3) is 0.579. The van der Waals surface area contributed by atoms with Gasteiger partial charge >= 0.3 is 0 Å². The monoisotopic (exact) mass is 358 g/mol. The second-order valence-electron chi connectivity index (χ2n) is 7.09. The topological polar surface area (TPSA) is 52.9 Å². The zero-order valence-electron chi connectivity index (χ0n) is 13.7. The summed E-state index contributed by atoms with van der Waals surface area (Å²) >= 11 is 4.35. The van der Waals surface area contributed by atoms with E-state index in [1.54, 1.807) is 12.1 Å². The second kappa shape index (κ2) is 6.65. The number of benzene rings is 1. The summed E-state index contributed by atoms with van der Waals surface area (Å²) in [5.74, 6) is 4.18. The summed E-state index contributed by atoms with van der Waals surface area (Å²) in [7, 11) is 0. The van der Waals surface area contributed by atoms with E-state index in [9.17, 15) is 4.79 Å². The Labute approximate surface area is 152 Å². The van der Waals surface area contributed by atoms with E-state index < -0.39 is 0 Å². The first-order valence-corrected chi connectivity index (χ1v) is 10.8. The summed E-state index contributed by atoms with van der Waals surface area (Å²) in [6.07, 6.45) is 5.95. The Morgan fingerprint density at radius 2 is 1.92 bits per heavy atom. The summed E-state index contributed by atoms with van der Waals surface area (Å²) in [5.41, 5.74) is 1.33. The number of rotatable bonds is 2. The molecule has 2 aliphatic carbocycles. The number of carbonyl (C=O) groups is 1. The lowest BCUT2D eigenvalue weighted by Crippen LogP contribution is -2.48. The Bertz CT molecular complexity index is 662. The van der Waals surface area contributed by atoms with Crippen molar-refractivity contribution < 1.29 is 4.79 Å². The molecule has 3 fully saturated rings. The Hall–Kier alpha value is -1.12. The molecule has 3 atom stereocenters. The molecule has 126 valence electrons. The first-order valence-electron chi connectivity index (χ1n) is 8.80. The average molecular weight is 359 g/mol. The quantitative estimate of drug-likeness (QED) is 0.846. The highest BCUT2D eigenvalue weighted by Crippen LogP contribution is 2.64. The van der Waals surface area contributed by atoms with Crippen molar-refractivity contribution >= 4 is 35.1 Å². The third-order valence-electron chi connectivity index (χ3n) is 5.75. The lowest BCUT2D eigenvalue weighted by molar-refractivity contribution is -0.122. The molecule has 1 aromatic carbocycles. The number of amides is 1. The van der Waals surface area contributed by atoms with Crippen LogP contribution in [0.4, 0.5) is 5.69 Å². The predicted octanol–water partition coefficient (Wildman–Crippen LogP) is 4.50. The van der Waals surface area contributed by atoms with Crippen molar-refractivity contribution in [1.29, 1.82) is 5.26 Å². The fourth-order valence-corrected chi connectivity index (χ4v) is 8.67. The Kier molecular flexibility index (Phi) is 4.53. The Balaban J connectivity index is 1.48. The number of hydrogen-bond donors (Lipinski definition) is 1. The summed E-state index contributed by atoms with van der Waals surface area (Å²) in [6.45, 7) is 0.